The molecule has 0 aromatic carbocycles. The zero-order valence-corrected chi connectivity index (χ0v) is 11.8. The molecule has 8 heteroatoms. The van der Waals surface area contributed by atoms with Crippen molar-refractivity contribution in [3.05, 3.63) is 18.0 Å². The zero-order valence-electron chi connectivity index (χ0n) is 11.0. The Morgan fingerprint density at radius 1 is 1.42 bits per heavy atom. The lowest BCUT2D eigenvalue weighted by atomic mass is 10.4. The number of sulfonamides is 1. The Balaban J connectivity index is 2.96. The van der Waals surface area contributed by atoms with Crippen molar-refractivity contribution in [2.75, 3.05) is 13.6 Å². The summed E-state index contributed by atoms with van der Waals surface area (Å²) in [5, 5.41) is 2.94. The smallest absolute Gasteiger partial charge is 0.251 e. The Labute approximate surface area is 112 Å². The number of hydrogen-bond donors (Lipinski definition) is 2. The molecule has 0 radical (unpaired) electrons. The van der Waals surface area contributed by atoms with Crippen LogP contribution in [0.3, 0.4) is 0 Å². The predicted octanol–water partition coefficient (Wildman–Crippen LogP) is 1.16. The van der Waals surface area contributed by atoms with Crippen LogP contribution in [0.2, 0.25) is 0 Å². The van der Waals surface area contributed by atoms with E-state index in [1.54, 1.807) is 7.05 Å². The second-order valence-electron chi connectivity index (χ2n) is 4.13. The van der Waals surface area contributed by atoms with Crippen molar-refractivity contribution < 1.29 is 17.2 Å². The number of nitrogens with one attached hydrogen (secondary N) is 2. The van der Waals surface area contributed by atoms with Gasteiger partial charge in [-0.1, -0.05) is 6.92 Å². The first-order chi connectivity index (χ1) is 8.90. The highest BCUT2D eigenvalue weighted by molar-refractivity contribution is 7.89. The van der Waals surface area contributed by atoms with Gasteiger partial charge < -0.3 is 9.88 Å². The first-order valence-electron chi connectivity index (χ1n) is 6.02. The van der Waals surface area contributed by atoms with Crippen LogP contribution in [0, 0.1) is 0 Å². The van der Waals surface area contributed by atoms with E-state index in [4.69, 9.17) is 0 Å². The molecule has 1 aromatic rings. The summed E-state index contributed by atoms with van der Waals surface area (Å²) in [6, 6.07) is 1.50. The van der Waals surface area contributed by atoms with Crippen LogP contribution < -0.4 is 10.0 Å². The van der Waals surface area contributed by atoms with Crippen LogP contribution in [0.1, 0.15) is 19.0 Å². The average Bonchev–Trinajstić information content (AvgIpc) is 2.72. The summed E-state index contributed by atoms with van der Waals surface area (Å²) < 4.78 is 51.5. The van der Waals surface area contributed by atoms with Gasteiger partial charge in [-0.15, -0.1) is 0 Å². The highest BCUT2D eigenvalue weighted by Crippen LogP contribution is 2.15. The van der Waals surface area contributed by atoms with Crippen molar-refractivity contribution in [3.8, 4) is 0 Å². The summed E-state index contributed by atoms with van der Waals surface area (Å²) in [5.74, 6) is 0. The maximum absolute atomic E-state index is 12.1. The van der Waals surface area contributed by atoms with E-state index in [1.807, 2.05) is 16.2 Å². The van der Waals surface area contributed by atoms with Crippen LogP contribution in [0.5, 0.6) is 0 Å². The van der Waals surface area contributed by atoms with Crippen molar-refractivity contribution in [3.63, 3.8) is 0 Å². The number of alkyl halides is 2. The van der Waals surface area contributed by atoms with Crippen molar-refractivity contribution in [2.45, 2.75) is 37.8 Å². The lowest BCUT2D eigenvalue weighted by Crippen LogP contribution is -2.28. The molecule has 2 N–H and O–H groups in total. The minimum atomic E-state index is -3.87. The molecule has 0 aliphatic carbocycles. The number of aromatic nitrogens is 1. The Morgan fingerprint density at radius 2 is 2.11 bits per heavy atom. The molecular weight excluding hydrogens is 276 g/mol. The van der Waals surface area contributed by atoms with E-state index < -0.39 is 23.0 Å². The van der Waals surface area contributed by atoms with Gasteiger partial charge in [0.15, 0.2) is 0 Å². The van der Waals surface area contributed by atoms with Gasteiger partial charge in [0.1, 0.15) is 0 Å². The molecule has 110 valence electrons. The lowest BCUT2D eigenvalue weighted by molar-refractivity contribution is 0.153. The molecule has 0 saturated carbocycles. The van der Waals surface area contributed by atoms with Gasteiger partial charge in [0, 0.05) is 25.0 Å². The number of halogens is 2. The van der Waals surface area contributed by atoms with E-state index >= 15 is 0 Å². The molecule has 0 spiro atoms. The van der Waals surface area contributed by atoms with Gasteiger partial charge in [-0.25, -0.2) is 21.9 Å². The third-order valence-corrected chi connectivity index (χ3v) is 3.91. The summed E-state index contributed by atoms with van der Waals surface area (Å²) in [6.45, 7) is 2.31. The molecule has 0 bridgehead atoms. The molecule has 5 nitrogen and oxygen atoms in total. The van der Waals surface area contributed by atoms with Gasteiger partial charge in [0.25, 0.3) is 6.43 Å². The molecule has 0 aliphatic heterocycles. The quantitative estimate of drug-likeness (QED) is 0.756. The fourth-order valence-corrected chi connectivity index (χ4v) is 2.78. The van der Waals surface area contributed by atoms with E-state index in [-0.39, 0.29) is 4.90 Å². The van der Waals surface area contributed by atoms with Crippen LogP contribution in [0.4, 0.5) is 8.78 Å². The van der Waals surface area contributed by atoms with E-state index in [1.165, 1.54) is 12.3 Å². The van der Waals surface area contributed by atoms with Crippen LogP contribution in [0.15, 0.2) is 17.2 Å². The van der Waals surface area contributed by atoms with Crippen LogP contribution in [-0.2, 0) is 23.1 Å². The zero-order chi connectivity index (χ0) is 14.5. The molecule has 0 amide bonds. The van der Waals surface area contributed by atoms with Gasteiger partial charge in [-0.05, 0) is 19.5 Å². The summed E-state index contributed by atoms with van der Waals surface area (Å²) in [5.41, 5.74) is 0.807. The highest BCUT2D eigenvalue weighted by Gasteiger charge is 2.19. The Hall–Kier alpha value is -0.990. The van der Waals surface area contributed by atoms with Crippen LogP contribution >= 0.6 is 0 Å². The lowest BCUT2D eigenvalue weighted by Gasteiger charge is -2.06. The molecule has 0 saturated heterocycles. The maximum atomic E-state index is 12.1. The monoisotopic (exact) mass is 295 g/mol. The minimum Gasteiger partial charge on any atom is -0.349 e. The van der Waals surface area contributed by atoms with Crippen molar-refractivity contribution in [2.24, 2.45) is 0 Å². The third-order valence-electron chi connectivity index (χ3n) is 2.52. The fourth-order valence-electron chi connectivity index (χ4n) is 1.71. The van der Waals surface area contributed by atoms with Crippen molar-refractivity contribution >= 4 is 10.0 Å². The Bertz CT molecular complexity index is 477. The molecule has 0 fully saturated rings. The van der Waals surface area contributed by atoms with Crippen molar-refractivity contribution in [1.29, 1.82) is 0 Å². The topological polar surface area (TPSA) is 63.1 Å². The Morgan fingerprint density at radius 3 is 2.63 bits per heavy atom. The van der Waals surface area contributed by atoms with Crippen LogP contribution in [0.25, 0.3) is 0 Å². The highest BCUT2D eigenvalue weighted by atomic mass is 32.2. The minimum absolute atomic E-state index is 0.0202. The third kappa shape index (κ3) is 4.55. The number of hydrogen-bond acceptors (Lipinski definition) is 3. The van der Waals surface area contributed by atoms with Crippen LogP contribution in [-0.4, -0.2) is 33.0 Å². The SMILES string of the molecule is CCCn1cc(S(=O)(=O)NCC(F)F)cc1CNC. The number of aryl methyl sites for hydroxylation is 1. The standard InChI is InChI=1S/C11H19F2N3O2S/c1-3-4-16-8-10(5-9(16)6-14-2)19(17,18)15-7-11(12)13/h5,8,11,14-15H,3-4,6-7H2,1-2H3. The second kappa shape index (κ2) is 6.97. The molecule has 0 unspecified atom stereocenters. The maximum Gasteiger partial charge on any atom is 0.251 e. The molecular formula is C11H19F2N3O2S. The summed E-state index contributed by atoms with van der Waals surface area (Å²) in [6.07, 6.45) is -0.372. The number of rotatable bonds is 8. The van der Waals surface area contributed by atoms with Crippen molar-refractivity contribution in [1.82, 2.24) is 14.6 Å². The first-order valence-corrected chi connectivity index (χ1v) is 7.50. The van der Waals surface area contributed by atoms with Gasteiger partial charge in [0.2, 0.25) is 10.0 Å². The van der Waals surface area contributed by atoms with E-state index in [0.717, 1.165) is 12.1 Å². The number of nitrogens with zero attached hydrogens (tertiary/aromatic N) is 1. The van der Waals surface area contributed by atoms with Gasteiger partial charge in [-0.3, -0.25) is 0 Å². The second-order valence-corrected chi connectivity index (χ2v) is 5.90. The molecule has 1 heterocycles. The molecule has 0 atom stereocenters. The van der Waals surface area contributed by atoms with Gasteiger partial charge >= 0.3 is 0 Å². The van der Waals surface area contributed by atoms with Gasteiger partial charge in [0.05, 0.1) is 11.4 Å². The van der Waals surface area contributed by atoms with E-state index in [9.17, 15) is 17.2 Å². The fraction of sp³-hybridized carbons (Fsp3) is 0.636. The predicted molar refractivity (Wildman–Crippen MR) is 68.7 cm³/mol. The Kier molecular flexibility index (Phi) is 5.89. The van der Waals surface area contributed by atoms with E-state index in [2.05, 4.69) is 5.32 Å². The molecule has 1 aromatic heterocycles. The van der Waals surface area contributed by atoms with Gasteiger partial charge in [-0.2, -0.15) is 0 Å². The van der Waals surface area contributed by atoms with E-state index in [0.29, 0.717) is 13.1 Å². The average molecular weight is 295 g/mol. The first kappa shape index (κ1) is 16.1. The molecule has 19 heavy (non-hydrogen) atoms. The molecule has 0 aliphatic rings. The summed E-state index contributed by atoms with van der Waals surface area (Å²) >= 11 is 0. The summed E-state index contributed by atoms with van der Waals surface area (Å²) in [7, 11) is -2.12. The summed E-state index contributed by atoms with van der Waals surface area (Å²) in [4.78, 5) is 0.0202. The molecule has 1 rings (SSSR count). The largest absolute Gasteiger partial charge is 0.349 e. The normalized spacial score (nSPS) is 12.3.